The smallest absolute Gasteiger partial charge is 0.240 e. The molecule has 0 aliphatic heterocycles. The van der Waals surface area contributed by atoms with Gasteiger partial charge in [-0.15, -0.1) is 0 Å². The summed E-state index contributed by atoms with van der Waals surface area (Å²) in [6, 6.07) is -1.51. The molecule has 0 aromatic heterocycles. The number of thiol groups is 2. The van der Waals surface area contributed by atoms with Crippen molar-refractivity contribution in [3.05, 3.63) is 0 Å². The van der Waals surface area contributed by atoms with Gasteiger partial charge in [-0.2, -0.15) is 25.3 Å². The van der Waals surface area contributed by atoms with Crippen LogP contribution in [0.4, 0.5) is 0 Å². The van der Waals surface area contributed by atoms with Gasteiger partial charge in [0.1, 0.15) is 6.04 Å². The minimum absolute atomic E-state index is 0.153. The maximum atomic E-state index is 11.1. The van der Waals surface area contributed by atoms with Crippen LogP contribution in [0.5, 0.6) is 0 Å². The molecule has 7 heteroatoms. The van der Waals surface area contributed by atoms with Crippen LogP contribution in [-0.4, -0.2) is 35.4 Å². The van der Waals surface area contributed by atoms with Crippen molar-refractivity contribution < 1.29 is 9.59 Å². The molecular weight excluding hydrogens is 210 g/mol. The maximum Gasteiger partial charge on any atom is 0.240 e. The first kappa shape index (κ1) is 12.6. The molecule has 5 nitrogen and oxygen atoms in total. The standard InChI is InChI=1S/C6H13N3O2S2/c7-3(1-12)6(11)9-4(2-13)5(8)10/h3-4,12-13H,1-2,7H2,(H2,8,10)(H,9,11)/t3-,4-/m1/s1. The second-order valence-electron chi connectivity index (χ2n) is 2.44. The molecule has 0 saturated carbocycles. The molecule has 0 aromatic carbocycles. The Morgan fingerprint density at radius 2 is 1.85 bits per heavy atom. The molecule has 13 heavy (non-hydrogen) atoms. The lowest BCUT2D eigenvalue weighted by Crippen LogP contribution is -2.51. The number of carbonyl (C=O) groups is 2. The molecule has 0 unspecified atom stereocenters. The summed E-state index contributed by atoms with van der Waals surface area (Å²) < 4.78 is 0. The van der Waals surface area contributed by atoms with E-state index in [9.17, 15) is 9.59 Å². The highest BCUT2D eigenvalue weighted by Gasteiger charge is 2.19. The van der Waals surface area contributed by atoms with Crippen LogP contribution in [0.2, 0.25) is 0 Å². The summed E-state index contributed by atoms with van der Waals surface area (Å²) in [6.07, 6.45) is 0. The molecule has 76 valence electrons. The van der Waals surface area contributed by atoms with Gasteiger partial charge in [0.05, 0.1) is 6.04 Å². The molecular formula is C6H13N3O2S2. The lowest BCUT2D eigenvalue weighted by atomic mass is 10.2. The molecule has 0 heterocycles. The fraction of sp³-hybridized carbons (Fsp3) is 0.667. The van der Waals surface area contributed by atoms with Gasteiger partial charge in [0.25, 0.3) is 0 Å². The summed E-state index contributed by atoms with van der Waals surface area (Å²) in [5, 5.41) is 2.35. The third kappa shape index (κ3) is 4.39. The molecule has 0 bridgehead atoms. The summed E-state index contributed by atoms with van der Waals surface area (Å²) >= 11 is 7.69. The number of carbonyl (C=O) groups excluding carboxylic acids is 2. The van der Waals surface area contributed by atoms with Crippen LogP contribution in [0.15, 0.2) is 0 Å². The zero-order valence-electron chi connectivity index (χ0n) is 6.93. The van der Waals surface area contributed by atoms with E-state index >= 15 is 0 Å². The van der Waals surface area contributed by atoms with Gasteiger partial charge in [0, 0.05) is 11.5 Å². The van der Waals surface area contributed by atoms with Crippen LogP contribution in [0.25, 0.3) is 0 Å². The number of nitrogens with two attached hydrogens (primary N) is 2. The minimum atomic E-state index is -0.776. The Labute approximate surface area is 87.4 Å². The zero-order valence-corrected chi connectivity index (χ0v) is 8.72. The van der Waals surface area contributed by atoms with Crippen LogP contribution < -0.4 is 16.8 Å². The first-order chi connectivity index (χ1) is 6.02. The first-order valence-corrected chi connectivity index (χ1v) is 4.86. The minimum Gasteiger partial charge on any atom is -0.368 e. The van der Waals surface area contributed by atoms with E-state index in [-0.39, 0.29) is 11.5 Å². The van der Waals surface area contributed by atoms with Crippen molar-refractivity contribution in [3.63, 3.8) is 0 Å². The molecule has 0 aliphatic rings. The van der Waals surface area contributed by atoms with Crippen molar-refractivity contribution in [2.45, 2.75) is 12.1 Å². The van der Waals surface area contributed by atoms with E-state index in [0.717, 1.165) is 0 Å². The van der Waals surface area contributed by atoms with Crippen molar-refractivity contribution in [1.29, 1.82) is 0 Å². The quantitative estimate of drug-likeness (QED) is 0.354. The van der Waals surface area contributed by atoms with Crippen molar-refractivity contribution in [2.24, 2.45) is 11.5 Å². The lowest BCUT2D eigenvalue weighted by Gasteiger charge is -2.15. The van der Waals surface area contributed by atoms with E-state index in [0.29, 0.717) is 0 Å². The highest BCUT2D eigenvalue weighted by atomic mass is 32.1. The summed E-state index contributed by atoms with van der Waals surface area (Å²) in [5.74, 6) is -0.716. The van der Waals surface area contributed by atoms with Crippen LogP contribution in [0.1, 0.15) is 0 Å². The number of nitrogens with one attached hydrogen (secondary N) is 1. The molecule has 2 amide bonds. The van der Waals surface area contributed by atoms with Gasteiger partial charge in [0.2, 0.25) is 11.8 Å². The maximum absolute atomic E-state index is 11.1. The Morgan fingerprint density at radius 3 is 2.15 bits per heavy atom. The average Bonchev–Trinajstić information content (AvgIpc) is 2.11. The summed E-state index contributed by atoms with van der Waals surface area (Å²) in [7, 11) is 0. The van der Waals surface area contributed by atoms with E-state index in [1.807, 2.05) is 0 Å². The molecule has 0 radical (unpaired) electrons. The monoisotopic (exact) mass is 223 g/mol. The lowest BCUT2D eigenvalue weighted by molar-refractivity contribution is -0.127. The fourth-order valence-electron chi connectivity index (χ4n) is 0.568. The van der Waals surface area contributed by atoms with Gasteiger partial charge in [0.15, 0.2) is 0 Å². The topological polar surface area (TPSA) is 98.2 Å². The highest BCUT2D eigenvalue weighted by Crippen LogP contribution is 1.90. The molecule has 0 saturated heterocycles. The number of hydrogen-bond donors (Lipinski definition) is 5. The van der Waals surface area contributed by atoms with Crippen LogP contribution in [0.3, 0.4) is 0 Å². The number of amides is 2. The Bertz CT molecular complexity index is 200. The van der Waals surface area contributed by atoms with E-state index in [2.05, 4.69) is 30.6 Å². The SMILES string of the molecule is NC(=O)[C@@H](CS)NC(=O)[C@H](N)CS. The molecule has 2 atom stereocenters. The molecule has 0 aromatic rings. The Morgan fingerprint density at radius 1 is 1.31 bits per heavy atom. The molecule has 0 fully saturated rings. The van der Waals surface area contributed by atoms with E-state index in [4.69, 9.17) is 11.5 Å². The third-order valence-electron chi connectivity index (χ3n) is 1.38. The van der Waals surface area contributed by atoms with Gasteiger partial charge in [-0.3, -0.25) is 9.59 Å². The summed E-state index contributed by atoms with van der Waals surface area (Å²) in [4.78, 5) is 21.8. The van der Waals surface area contributed by atoms with Gasteiger partial charge < -0.3 is 16.8 Å². The molecule has 5 N–H and O–H groups in total. The van der Waals surface area contributed by atoms with Crippen molar-refractivity contribution in [1.82, 2.24) is 5.32 Å². The number of rotatable bonds is 5. The van der Waals surface area contributed by atoms with Crippen molar-refractivity contribution >= 4 is 37.1 Å². The van der Waals surface area contributed by atoms with Gasteiger partial charge >= 0.3 is 0 Å². The molecule has 0 spiro atoms. The Balaban J connectivity index is 4.09. The summed E-state index contributed by atoms with van der Waals surface area (Å²) in [5.41, 5.74) is 10.3. The van der Waals surface area contributed by atoms with Gasteiger partial charge in [-0.25, -0.2) is 0 Å². The normalized spacial score (nSPS) is 14.7. The Kier molecular flexibility index (Phi) is 5.93. The number of primary amides is 1. The average molecular weight is 223 g/mol. The second-order valence-corrected chi connectivity index (χ2v) is 3.17. The fourth-order valence-corrected chi connectivity index (χ4v) is 1.01. The second kappa shape index (κ2) is 6.11. The predicted octanol–water partition coefficient (Wildman–Crippen LogP) is -1.86. The predicted molar refractivity (Wildman–Crippen MR) is 56.8 cm³/mol. The molecule has 0 rings (SSSR count). The van der Waals surface area contributed by atoms with E-state index in [1.165, 1.54) is 0 Å². The van der Waals surface area contributed by atoms with Crippen LogP contribution in [0, 0.1) is 0 Å². The largest absolute Gasteiger partial charge is 0.368 e. The van der Waals surface area contributed by atoms with E-state index < -0.39 is 23.9 Å². The van der Waals surface area contributed by atoms with E-state index in [1.54, 1.807) is 0 Å². The first-order valence-electron chi connectivity index (χ1n) is 3.60. The highest BCUT2D eigenvalue weighted by molar-refractivity contribution is 7.80. The summed E-state index contributed by atoms with van der Waals surface area (Å²) in [6.45, 7) is 0. The van der Waals surface area contributed by atoms with Crippen LogP contribution >= 0.6 is 25.3 Å². The van der Waals surface area contributed by atoms with Gasteiger partial charge in [-0.1, -0.05) is 0 Å². The Hall–Kier alpha value is -0.400. The third-order valence-corrected chi connectivity index (χ3v) is 2.13. The van der Waals surface area contributed by atoms with Gasteiger partial charge in [-0.05, 0) is 0 Å². The van der Waals surface area contributed by atoms with Crippen molar-refractivity contribution in [2.75, 3.05) is 11.5 Å². The number of hydrogen-bond acceptors (Lipinski definition) is 5. The van der Waals surface area contributed by atoms with Crippen LogP contribution in [-0.2, 0) is 9.59 Å². The molecule has 0 aliphatic carbocycles. The zero-order chi connectivity index (χ0) is 10.4. The van der Waals surface area contributed by atoms with Crippen molar-refractivity contribution in [3.8, 4) is 0 Å².